The van der Waals surface area contributed by atoms with E-state index in [0.29, 0.717) is 5.92 Å². The first-order valence-electron chi connectivity index (χ1n) is 6.54. The van der Waals surface area contributed by atoms with Gasteiger partial charge >= 0.3 is 0 Å². The Kier molecular flexibility index (Phi) is 2.92. The first-order chi connectivity index (χ1) is 8.75. The summed E-state index contributed by atoms with van der Waals surface area (Å²) in [6, 6.07) is 10.5. The van der Waals surface area contributed by atoms with Gasteiger partial charge in [-0.3, -0.25) is 4.68 Å². The van der Waals surface area contributed by atoms with Gasteiger partial charge in [-0.1, -0.05) is 30.3 Å². The lowest BCUT2D eigenvalue weighted by atomic mass is 9.92. The van der Waals surface area contributed by atoms with Crippen LogP contribution < -0.4 is 5.32 Å². The minimum Gasteiger partial charge on any atom is -0.315 e. The second-order valence-corrected chi connectivity index (χ2v) is 5.08. The van der Waals surface area contributed by atoms with Crippen molar-refractivity contribution >= 4 is 0 Å². The fraction of sp³-hybridized carbons (Fsp3) is 0.400. The fourth-order valence-electron chi connectivity index (χ4n) is 2.70. The molecule has 0 bridgehead atoms. The van der Waals surface area contributed by atoms with Gasteiger partial charge in [0, 0.05) is 30.3 Å². The van der Waals surface area contributed by atoms with Gasteiger partial charge in [-0.25, -0.2) is 0 Å². The van der Waals surface area contributed by atoms with Crippen molar-refractivity contribution in [3.63, 3.8) is 0 Å². The molecule has 3 heteroatoms. The Labute approximate surface area is 108 Å². The average Bonchev–Trinajstić information content (AvgIpc) is 2.57. The van der Waals surface area contributed by atoms with E-state index >= 15 is 0 Å². The number of hydrogen-bond donors (Lipinski definition) is 1. The Morgan fingerprint density at radius 2 is 1.94 bits per heavy atom. The van der Waals surface area contributed by atoms with Crippen LogP contribution in [0.15, 0.2) is 30.3 Å². The summed E-state index contributed by atoms with van der Waals surface area (Å²) in [6.45, 7) is 7.38. The number of aromatic nitrogens is 2. The average molecular weight is 241 g/mol. The minimum atomic E-state index is 0.662. The molecule has 0 spiro atoms. The molecule has 1 aromatic heterocycles. The van der Waals surface area contributed by atoms with Crippen LogP contribution in [0.1, 0.15) is 28.4 Å². The molecule has 3 nitrogen and oxygen atoms in total. The number of hydrogen-bond acceptors (Lipinski definition) is 2. The van der Waals surface area contributed by atoms with Gasteiger partial charge in [0.1, 0.15) is 0 Å². The SMILES string of the molecule is Cc1nn(Cc2ccccc2)c(C)c1C1CNC1. The topological polar surface area (TPSA) is 29.9 Å². The van der Waals surface area contributed by atoms with Gasteiger partial charge < -0.3 is 5.32 Å². The number of aryl methyl sites for hydroxylation is 1. The van der Waals surface area contributed by atoms with Crippen molar-refractivity contribution in [3.8, 4) is 0 Å². The van der Waals surface area contributed by atoms with Gasteiger partial charge in [-0.15, -0.1) is 0 Å². The van der Waals surface area contributed by atoms with Crippen molar-refractivity contribution in [2.75, 3.05) is 13.1 Å². The molecule has 0 radical (unpaired) electrons. The van der Waals surface area contributed by atoms with Crippen LogP contribution in [-0.2, 0) is 6.54 Å². The molecule has 0 unspecified atom stereocenters. The molecule has 2 aromatic rings. The molecule has 0 atom stereocenters. The molecule has 1 aliphatic rings. The van der Waals surface area contributed by atoms with Crippen LogP contribution in [0.5, 0.6) is 0 Å². The normalized spacial score (nSPS) is 15.7. The van der Waals surface area contributed by atoms with Gasteiger partial charge in [0.15, 0.2) is 0 Å². The molecule has 18 heavy (non-hydrogen) atoms. The van der Waals surface area contributed by atoms with Gasteiger partial charge in [-0.05, 0) is 19.4 Å². The molecule has 2 heterocycles. The van der Waals surface area contributed by atoms with E-state index in [2.05, 4.69) is 54.2 Å². The molecule has 94 valence electrons. The van der Waals surface area contributed by atoms with Crippen molar-refractivity contribution in [1.82, 2.24) is 15.1 Å². The Hall–Kier alpha value is -1.61. The summed E-state index contributed by atoms with van der Waals surface area (Å²) in [7, 11) is 0. The van der Waals surface area contributed by atoms with Crippen LogP contribution in [0.2, 0.25) is 0 Å². The molecule has 1 aliphatic heterocycles. The first-order valence-corrected chi connectivity index (χ1v) is 6.54. The lowest BCUT2D eigenvalue weighted by molar-refractivity contribution is 0.444. The van der Waals surface area contributed by atoms with E-state index in [9.17, 15) is 0 Å². The fourth-order valence-corrected chi connectivity index (χ4v) is 2.70. The Bertz CT molecular complexity index is 538. The summed E-state index contributed by atoms with van der Waals surface area (Å²) in [5.74, 6) is 0.662. The van der Waals surface area contributed by atoms with Gasteiger partial charge in [-0.2, -0.15) is 5.10 Å². The lowest BCUT2D eigenvalue weighted by Gasteiger charge is -2.27. The summed E-state index contributed by atoms with van der Waals surface area (Å²) in [4.78, 5) is 0. The van der Waals surface area contributed by atoms with E-state index in [-0.39, 0.29) is 0 Å². The molecule has 0 saturated carbocycles. The molecular weight excluding hydrogens is 222 g/mol. The highest BCUT2D eigenvalue weighted by Crippen LogP contribution is 2.26. The number of nitrogens with zero attached hydrogens (tertiary/aromatic N) is 2. The van der Waals surface area contributed by atoms with Gasteiger partial charge in [0.25, 0.3) is 0 Å². The summed E-state index contributed by atoms with van der Waals surface area (Å²) in [5.41, 5.74) is 5.27. The third-order valence-corrected chi connectivity index (χ3v) is 3.80. The van der Waals surface area contributed by atoms with Crippen LogP contribution >= 0.6 is 0 Å². The van der Waals surface area contributed by atoms with E-state index in [0.717, 1.165) is 19.6 Å². The predicted octanol–water partition coefficient (Wildman–Crippen LogP) is 2.24. The number of rotatable bonds is 3. The zero-order valence-electron chi connectivity index (χ0n) is 11.0. The van der Waals surface area contributed by atoms with Crippen molar-refractivity contribution in [2.24, 2.45) is 0 Å². The minimum absolute atomic E-state index is 0.662. The summed E-state index contributed by atoms with van der Waals surface area (Å²) in [6.07, 6.45) is 0. The van der Waals surface area contributed by atoms with E-state index in [1.54, 1.807) is 0 Å². The van der Waals surface area contributed by atoms with E-state index in [1.807, 2.05) is 0 Å². The molecule has 1 aromatic carbocycles. The zero-order chi connectivity index (χ0) is 12.5. The summed E-state index contributed by atoms with van der Waals surface area (Å²) >= 11 is 0. The zero-order valence-corrected chi connectivity index (χ0v) is 11.0. The van der Waals surface area contributed by atoms with Crippen LogP contribution in [0, 0.1) is 13.8 Å². The van der Waals surface area contributed by atoms with Crippen LogP contribution in [-0.4, -0.2) is 22.9 Å². The standard InChI is InChI=1S/C15H19N3/c1-11-15(14-8-16-9-14)12(2)18(17-11)10-13-6-4-3-5-7-13/h3-7,14,16H,8-10H2,1-2H3. The highest BCUT2D eigenvalue weighted by atomic mass is 15.3. The molecule has 1 N–H and O–H groups in total. The maximum absolute atomic E-state index is 4.70. The van der Waals surface area contributed by atoms with Gasteiger partial charge in [0.05, 0.1) is 12.2 Å². The molecule has 1 fully saturated rings. The smallest absolute Gasteiger partial charge is 0.0662 e. The second-order valence-electron chi connectivity index (χ2n) is 5.08. The van der Waals surface area contributed by atoms with E-state index in [4.69, 9.17) is 5.10 Å². The Morgan fingerprint density at radius 3 is 2.56 bits per heavy atom. The van der Waals surface area contributed by atoms with Crippen LogP contribution in [0.4, 0.5) is 0 Å². The third-order valence-electron chi connectivity index (χ3n) is 3.80. The van der Waals surface area contributed by atoms with Crippen molar-refractivity contribution in [1.29, 1.82) is 0 Å². The third kappa shape index (κ3) is 1.95. The summed E-state index contributed by atoms with van der Waals surface area (Å²) < 4.78 is 2.14. The molecule has 0 aliphatic carbocycles. The first kappa shape index (κ1) is 11.5. The maximum atomic E-state index is 4.70. The van der Waals surface area contributed by atoms with E-state index < -0.39 is 0 Å². The monoisotopic (exact) mass is 241 g/mol. The van der Waals surface area contributed by atoms with Crippen molar-refractivity contribution in [3.05, 3.63) is 52.8 Å². The lowest BCUT2D eigenvalue weighted by Crippen LogP contribution is -2.40. The Balaban J connectivity index is 1.89. The van der Waals surface area contributed by atoms with Crippen LogP contribution in [0.3, 0.4) is 0 Å². The quantitative estimate of drug-likeness (QED) is 0.893. The van der Waals surface area contributed by atoms with E-state index in [1.165, 1.54) is 22.5 Å². The Morgan fingerprint density at radius 1 is 1.22 bits per heavy atom. The van der Waals surface area contributed by atoms with Crippen LogP contribution in [0.25, 0.3) is 0 Å². The maximum Gasteiger partial charge on any atom is 0.0662 e. The predicted molar refractivity (Wildman–Crippen MR) is 72.9 cm³/mol. The molecule has 0 amide bonds. The largest absolute Gasteiger partial charge is 0.315 e. The van der Waals surface area contributed by atoms with Crippen molar-refractivity contribution in [2.45, 2.75) is 26.3 Å². The second kappa shape index (κ2) is 4.58. The molecule has 1 saturated heterocycles. The summed E-state index contributed by atoms with van der Waals surface area (Å²) in [5, 5.41) is 8.03. The number of nitrogens with one attached hydrogen (secondary N) is 1. The highest BCUT2D eigenvalue weighted by Gasteiger charge is 2.25. The number of benzene rings is 1. The molecule has 3 rings (SSSR count). The van der Waals surface area contributed by atoms with Gasteiger partial charge in [0.2, 0.25) is 0 Å². The highest BCUT2D eigenvalue weighted by molar-refractivity contribution is 5.32. The molecular formula is C15H19N3. The van der Waals surface area contributed by atoms with Crippen molar-refractivity contribution < 1.29 is 0 Å².